The third-order valence-electron chi connectivity index (χ3n) is 4.73. The summed E-state index contributed by atoms with van der Waals surface area (Å²) in [6, 6.07) is 8.27. The average Bonchev–Trinajstić information content (AvgIpc) is 3.09. The van der Waals surface area contributed by atoms with Crippen molar-refractivity contribution in [2.45, 2.75) is 12.5 Å². The van der Waals surface area contributed by atoms with Crippen LogP contribution in [0.25, 0.3) is 0 Å². The number of carbonyl (C=O) groups excluding carboxylic acids is 1. The fourth-order valence-corrected chi connectivity index (χ4v) is 3.36. The Hall–Kier alpha value is -3.36. The van der Waals surface area contributed by atoms with Crippen molar-refractivity contribution >= 4 is 11.9 Å². The van der Waals surface area contributed by atoms with Crippen molar-refractivity contribution in [3.63, 3.8) is 0 Å². The number of amides is 1. The first kappa shape index (κ1) is 18.4. The highest BCUT2D eigenvalue weighted by Gasteiger charge is 2.41. The number of carbonyl (C=O) groups is 2. The second-order valence-electron chi connectivity index (χ2n) is 6.33. The van der Waals surface area contributed by atoms with Crippen molar-refractivity contribution in [3.05, 3.63) is 62.9 Å². The molecule has 0 unspecified atom stereocenters. The lowest BCUT2D eigenvalue weighted by Crippen LogP contribution is -2.37. The predicted octanol–water partition coefficient (Wildman–Crippen LogP) is -0.128. The van der Waals surface area contributed by atoms with E-state index in [2.05, 4.69) is 4.98 Å². The minimum absolute atomic E-state index is 0.0367. The van der Waals surface area contributed by atoms with Gasteiger partial charge in [0.1, 0.15) is 12.3 Å². The summed E-state index contributed by atoms with van der Waals surface area (Å²) >= 11 is 0. The maximum Gasteiger partial charge on any atom is 0.328 e. The molecule has 0 saturated carbocycles. The van der Waals surface area contributed by atoms with Crippen LogP contribution >= 0.6 is 0 Å². The number of aromatic amines is 1. The van der Waals surface area contributed by atoms with E-state index in [-0.39, 0.29) is 19.6 Å². The number of carboxylic acids is 1. The third-order valence-corrected chi connectivity index (χ3v) is 4.73. The first-order chi connectivity index (χ1) is 12.9. The number of hydrogen-bond acceptors (Lipinski definition) is 5. The number of likely N-dealkylation sites (tertiary alicyclic amines) is 1. The number of aromatic nitrogens is 2. The van der Waals surface area contributed by atoms with E-state index in [4.69, 9.17) is 4.74 Å². The second-order valence-corrected chi connectivity index (χ2v) is 6.33. The third kappa shape index (κ3) is 3.76. The zero-order valence-electron chi connectivity index (χ0n) is 14.6. The zero-order chi connectivity index (χ0) is 19.6. The van der Waals surface area contributed by atoms with Gasteiger partial charge < -0.3 is 14.7 Å². The van der Waals surface area contributed by atoms with Gasteiger partial charge in [-0.25, -0.2) is 4.79 Å². The van der Waals surface area contributed by atoms with Crippen molar-refractivity contribution in [1.82, 2.24) is 14.5 Å². The minimum atomic E-state index is -0.998. The van der Waals surface area contributed by atoms with Crippen LogP contribution in [0.1, 0.15) is 11.5 Å². The Bertz CT molecular complexity index is 979. The highest BCUT2D eigenvalue weighted by molar-refractivity contribution is 5.79. The molecule has 1 fully saturated rings. The van der Waals surface area contributed by atoms with E-state index in [1.165, 1.54) is 18.2 Å². The zero-order valence-corrected chi connectivity index (χ0v) is 14.6. The Balaban J connectivity index is 1.83. The highest BCUT2D eigenvalue weighted by Crippen LogP contribution is 2.37. The molecule has 1 aromatic heterocycles. The molecule has 2 aromatic rings. The summed E-state index contributed by atoms with van der Waals surface area (Å²) in [6.45, 7) is -0.0378. The van der Waals surface area contributed by atoms with Crippen molar-refractivity contribution < 1.29 is 19.4 Å². The number of nitrogens with zero attached hydrogens (tertiary/aromatic N) is 2. The number of methoxy groups -OCH3 is 1. The fourth-order valence-electron chi connectivity index (χ4n) is 3.36. The maximum atomic E-state index is 12.6. The summed E-state index contributed by atoms with van der Waals surface area (Å²) in [5.41, 5.74) is -0.512. The van der Waals surface area contributed by atoms with Gasteiger partial charge in [0, 0.05) is 31.3 Å². The monoisotopic (exact) mass is 373 g/mol. The van der Waals surface area contributed by atoms with Crippen molar-refractivity contribution in [1.29, 1.82) is 0 Å². The molecule has 2 heterocycles. The summed E-state index contributed by atoms with van der Waals surface area (Å²) in [4.78, 5) is 50.7. The van der Waals surface area contributed by atoms with Gasteiger partial charge >= 0.3 is 11.7 Å². The van der Waals surface area contributed by atoms with Crippen LogP contribution in [0.3, 0.4) is 0 Å². The van der Waals surface area contributed by atoms with Gasteiger partial charge in [-0.2, -0.15) is 0 Å². The molecule has 9 heteroatoms. The van der Waals surface area contributed by atoms with E-state index >= 15 is 0 Å². The van der Waals surface area contributed by atoms with E-state index in [9.17, 15) is 24.3 Å². The van der Waals surface area contributed by atoms with Gasteiger partial charge in [-0.1, -0.05) is 18.2 Å². The van der Waals surface area contributed by atoms with E-state index in [1.54, 1.807) is 24.3 Å². The van der Waals surface area contributed by atoms with Crippen LogP contribution in [0.2, 0.25) is 0 Å². The summed E-state index contributed by atoms with van der Waals surface area (Å²) in [7, 11) is 1.51. The standard InChI is InChI=1S/C18H19N3O6/c1-27-14-5-3-2-4-11(14)12-8-21(9-13(12)17(24)25)16(23)10-20-7-6-15(22)19-18(20)26/h2-7,12-13H,8-10H2,1H3,(H,24,25)(H,19,22,26)/t12-,13+/m0/s1. The van der Waals surface area contributed by atoms with Crippen LogP contribution in [-0.2, 0) is 16.1 Å². The van der Waals surface area contributed by atoms with Crippen LogP contribution in [0.4, 0.5) is 0 Å². The van der Waals surface area contributed by atoms with Gasteiger partial charge in [-0.3, -0.25) is 23.9 Å². The normalized spacial score (nSPS) is 19.1. The molecule has 3 rings (SSSR count). The second kappa shape index (κ2) is 7.48. The highest BCUT2D eigenvalue weighted by atomic mass is 16.5. The van der Waals surface area contributed by atoms with Crippen LogP contribution in [0.15, 0.2) is 46.1 Å². The molecule has 1 aliphatic heterocycles. The Kier molecular flexibility index (Phi) is 5.11. The van der Waals surface area contributed by atoms with Crippen LogP contribution in [0.5, 0.6) is 5.75 Å². The lowest BCUT2D eigenvalue weighted by molar-refractivity contribution is -0.141. The summed E-state index contributed by atoms with van der Waals surface area (Å²) in [5, 5.41) is 9.60. The van der Waals surface area contributed by atoms with Gasteiger partial charge in [0.15, 0.2) is 0 Å². The van der Waals surface area contributed by atoms with Gasteiger partial charge in [0.2, 0.25) is 5.91 Å². The molecule has 1 aliphatic rings. The predicted molar refractivity (Wildman–Crippen MR) is 94.8 cm³/mol. The molecule has 142 valence electrons. The maximum absolute atomic E-state index is 12.6. The Morgan fingerprint density at radius 1 is 1.22 bits per heavy atom. The molecule has 2 atom stereocenters. The molecule has 1 amide bonds. The quantitative estimate of drug-likeness (QED) is 0.753. The molecule has 0 spiro atoms. The summed E-state index contributed by atoms with van der Waals surface area (Å²) in [6.07, 6.45) is 1.24. The van der Waals surface area contributed by atoms with E-state index in [0.29, 0.717) is 5.75 Å². The number of aliphatic carboxylic acids is 1. The van der Waals surface area contributed by atoms with Gasteiger partial charge in [0.25, 0.3) is 5.56 Å². The first-order valence-electron chi connectivity index (χ1n) is 8.34. The van der Waals surface area contributed by atoms with Crippen LogP contribution in [-0.4, -0.2) is 51.6 Å². The molecular weight excluding hydrogens is 354 g/mol. The molecule has 0 radical (unpaired) electrons. The smallest absolute Gasteiger partial charge is 0.328 e. The number of nitrogens with one attached hydrogen (secondary N) is 1. The minimum Gasteiger partial charge on any atom is -0.496 e. The van der Waals surface area contributed by atoms with E-state index < -0.39 is 35.0 Å². The SMILES string of the molecule is COc1ccccc1[C@@H]1CN(C(=O)Cn2ccc(=O)[nH]c2=O)C[C@H]1C(=O)O. The molecular formula is C18H19N3O6. The fraction of sp³-hybridized carbons (Fsp3) is 0.333. The number of rotatable bonds is 5. The topological polar surface area (TPSA) is 122 Å². The molecule has 0 bridgehead atoms. The van der Waals surface area contributed by atoms with Crippen LogP contribution < -0.4 is 16.0 Å². The van der Waals surface area contributed by atoms with Crippen molar-refractivity contribution in [2.75, 3.05) is 20.2 Å². The lowest BCUT2D eigenvalue weighted by Gasteiger charge is -2.18. The van der Waals surface area contributed by atoms with Gasteiger partial charge in [0.05, 0.1) is 13.0 Å². The average molecular weight is 373 g/mol. The first-order valence-corrected chi connectivity index (χ1v) is 8.34. The number of benzene rings is 1. The number of H-pyrrole nitrogens is 1. The number of carboxylic acid groups (broad SMARTS) is 1. The number of ether oxygens (including phenoxy) is 1. The largest absolute Gasteiger partial charge is 0.496 e. The molecule has 27 heavy (non-hydrogen) atoms. The lowest BCUT2D eigenvalue weighted by atomic mass is 9.88. The molecule has 1 aromatic carbocycles. The van der Waals surface area contributed by atoms with Gasteiger partial charge in [-0.05, 0) is 11.6 Å². The van der Waals surface area contributed by atoms with Gasteiger partial charge in [-0.15, -0.1) is 0 Å². The van der Waals surface area contributed by atoms with E-state index in [0.717, 1.165) is 16.2 Å². The Labute approximate surface area is 153 Å². The van der Waals surface area contributed by atoms with Crippen molar-refractivity contribution in [2.24, 2.45) is 5.92 Å². The number of hydrogen-bond donors (Lipinski definition) is 2. The summed E-state index contributed by atoms with van der Waals surface area (Å²) in [5.74, 6) is -2.03. The van der Waals surface area contributed by atoms with Crippen LogP contribution in [0, 0.1) is 5.92 Å². The number of para-hydroxylation sites is 1. The van der Waals surface area contributed by atoms with Crippen molar-refractivity contribution in [3.8, 4) is 5.75 Å². The molecule has 0 aliphatic carbocycles. The Morgan fingerprint density at radius 2 is 1.96 bits per heavy atom. The van der Waals surface area contributed by atoms with E-state index in [1.807, 2.05) is 0 Å². The molecule has 9 nitrogen and oxygen atoms in total. The Morgan fingerprint density at radius 3 is 2.63 bits per heavy atom. The summed E-state index contributed by atoms with van der Waals surface area (Å²) < 4.78 is 6.41. The molecule has 2 N–H and O–H groups in total. The molecule has 1 saturated heterocycles.